The molecule has 0 aliphatic heterocycles. The van der Waals surface area contributed by atoms with Gasteiger partial charge in [-0.05, 0) is 37.1 Å². The van der Waals surface area contributed by atoms with E-state index in [1.165, 1.54) is 0 Å². The van der Waals surface area contributed by atoms with Gasteiger partial charge in [-0.15, -0.1) is 11.3 Å². The van der Waals surface area contributed by atoms with E-state index in [0.717, 1.165) is 20.7 Å². The molecule has 0 spiro atoms. The van der Waals surface area contributed by atoms with Gasteiger partial charge in [-0.3, -0.25) is 4.79 Å². The summed E-state index contributed by atoms with van der Waals surface area (Å²) in [6.45, 7) is -0.375. The maximum absolute atomic E-state index is 12.0. The van der Waals surface area contributed by atoms with Crippen molar-refractivity contribution in [3.8, 4) is 6.07 Å². The number of benzene rings is 2. The summed E-state index contributed by atoms with van der Waals surface area (Å²) in [7, 11) is 0. The minimum atomic E-state index is -0.440. The van der Waals surface area contributed by atoms with E-state index in [1.807, 2.05) is 48.5 Å². The number of aromatic nitrogens is 3. The number of esters is 1. The number of nitriles is 1. The number of rotatable bonds is 7. The smallest absolute Gasteiger partial charge is 0.306 e. The molecular weight excluding hydrogens is 400 g/mol. The molecule has 0 fully saturated rings. The summed E-state index contributed by atoms with van der Waals surface area (Å²) >= 11 is 1.62. The lowest BCUT2D eigenvalue weighted by molar-refractivity contribution is -0.143. The van der Waals surface area contributed by atoms with E-state index in [9.17, 15) is 15.2 Å². The largest absolute Gasteiger partial charge is 0.507 e. The minimum Gasteiger partial charge on any atom is -0.507 e. The van der Waals surface area contributed by atoms with Gasteiger partial charge in [-0.25, -0.2) is 9.97 Å². The maximum Gasteiger partial charge on any atom is 0.306 e. The van der Waals surface area contributed by atoms with Crippen molar-refractivity contribution >= 4 is 44.1 Å². The molecule has 0 unspecified atom stereocenters. The number of hydrogen-bond donors (Lipinski definition) is 2. The zero-order chi connectivity index (χ0) is 20.9. The number of carbonyl (C=O) groups excluding carboxylic acids is 1. The number of fused-ring (bicyclic) bond motifs is 2. The molecule has 0 aliphatic rings. The highest BCUT2D eigenvalue weighted by atomic mass is 32.1. The SMILES string of the molecule is N#CC(=C(O)COC(=O)CCCc1nc2ccccc2s1)c1nc2ccccc2[nH]1. The molecule has 0 saturated heterocycles. The third-order valence-corrected chi connectivity index (χ3v) is 5.60. The second kappa shape index (κ2) is 8.76. The van der Waals surface area contributed by atoms with Gasteiger partial charge in [0.15, 0.2) is 11.6 Å². The normalized spacial score (nSPS) is 12.0. The molecular formula is C22H18N4O3S. The van der Waals surface area contributed by atoms with Crippen molar-refractivity contribution in [3.63, 3.8) is 0 Å². The number of nitrogens with zero attached hydrogens (tertiary/aromatic N) is 3. The van der Waals surface area contributed by atoms with Gasteiger partial charge in [0, 0.05) is 6.42 Å². The third-order valence-electron chi connectivity index (χ3n) is 4.51. The number of nitrogens with one attached hydrogen (secondary N) is 1. The first kappa shape index (κ1) is 19.6. The van der Waals surface area contributed by atoms with Crippen molar-refractivity contribution in [2.75, 3.05) is 6.61 Å². The van der Waals surface area contributed by atoms with Gasteiger partial charge in [-0.1, -0.05) is 24.3 Å². The predicted molar refractivity (Wildman–Crippen MR) is 115 cm³/mol. The molecule has 4 rings (SSSR count). The Morgan fingerprint density at radius 2 is 1.90 bits per heavy atom. The number of carbonyl (C=O) groups is 1. The maximum atomic E-state index is 12.0. The zero-order valence-corrected chi connectivity index (χ0v) is 16.8. The highest BCUT2D eigenvalue weighted by Crippen LogP contribution is 2.23. The summed E-state index contributed by atoms with van der Waals surface area (Å²) in [4.78, 5) is 23.8. The summed E-state index contributed by atoms with van der Waals surface area (Å²) < 4.78 is 6.25. The van der Waals surface area contributed by atoms with Crippen LogP contribution in [0.4, 0.5) is 0 Å². The average molecular weight is 418 g/mol. The van der Waals surface area contributed by atoms with Crippen molar-refractivity contribution in [2.24, 2.45) is 0 Å². The fraction of sp³-hybridized carbons (Fsp3) is 0.182. The van der Waals surface area contributed by atoms with Gasteiger partial charge >= 0.3 is 5.97 Å². The van der Waals surface area contributed by atoms with Crippen LogP contribution in [0.3, 0.4) is 0 Å². The molecule has 0 aliphatic carbocycles. The highest BCUT2D eigenvalue weighted by molar-refractivity contribution is 7.18. The van der Waals surface area contributed by atoms with E-state index < -0.39 is 5.97 Å². The Balaban J connectivity index is 1.32. The lowest BCUT2D eigenvalue weighted by Gasteiger charge is -2.05. The molecule has 0 amide bonds. The second-order valence-electron chi connectivity index (χ2n) is 6.63. The second-order valence-corrected chi connectivity index (χ2v) is 7.74. The monoisotopic (exact) mass is 418 g/mol. The molecule has 2 aromatic heterocycles. The molecule has 30 heavy (non-hydrogen) atoms. The van der Waals surface area contributed by atoms with E-state index >= 15 is 0 Å². The number of hydrogen-bond acceptors (Lipinski definition) is 7. The Morgan fingerprint density at radius 1 is 1.13 bits per heavy atom. The highest BCUT2D eigenvalue weighted by Gasteiger charge is 2.15. The van der Waals surface area contributed by atoms with Crippen LogP contribution >= 0.6 is 11.3 Å². The molecule has 7 nitrogen and oxygen atoms in total. The van der Waals surface area contributed by atoms with Crippen LogP contribution in [-0.2, 0) is 16.0 Å². The lowest BCUT2D eigenvalue weighted by atomic mass is 10.2. The van der Waals surface area contributed by atoms with Crippen LogP contribution in [0.1, 0.15) is 23.7 Å². The number of aromatic amines is 1. The number of H-pyrrole nitrogens is 1. The number of aliphatic hydroxyl groups excluding tert-OH is 1. The molecule has 0 radical (unpaired) electrons. The average Bonchev–Trinajstić information content (AvgIpc) is 3.36. The minimum absolute atomic E-state index is 0.0477. The topological polar surface area (TPSA) is 112 Å². The molecule has 8 heteroatoms. The first-order valence-electron chi connectivity index (χ1n) is 9.41. The molecule has 0 bridgehead atoms. The number of allylic oxidation sites excluding steroid dienone is 1. The first-order valence-corrected chi connectivity index (χ1v) is 10.2. The molecule has 0 saturated carbocycles. The lowest BCUT2D eigenvalue weighted by Crippen LogP contribution is -2.09. The van der Waals surface area contributed by atoms with Crippen LogP contribution < -0.4 is 0 Å². The number of aryl methyl sites for hydroxylation is 1. The Morgan fingerprint density at radius 3 is 2.67 bits per heavy atom. The Hall–Kier alpha value is -3.70. The van der Waals surface area contributed by atoms with Crippen molar-refractivity contribution in [1.29, 1.82) is 5.26 Å². The van der Waals surface area contributed by atoms with Crippen LogP contribution in [0.2, 0.25) is 0 Å². The summed E-state index contributed by atoms with van der Waals surface area (Å²) in [5, 5.41) is 20.6. The first-order chi connectivity index (χ1) is 14.6. The van der Waals surface area contributed by atoms with E-state index in [2.05, 4.69) is 15.0 Å². The van der Waals surface area contributed by atoms with Gasteiger partial charge in [0.1, 0.15) is 18.2 Å². The van der Waals surface area contributed by atoms with Crippen molar-refractivity contribution < 1.29 is 14.6 Å². The van der Waals surface area contributed by atoms with E-state index in [1.54, 1.807) is 17.4 Å². The zero-order valence-electron chi connectivity index (χ0n) is 16.0. The molecule has 150 valence electrons. The summed E-state index contributed by atoms with van der Waals surface area (Å²) in [5.74, 6) is -0.538. The fourth-order valence-corrected chi connectivity index (χ4v) is 4.04. The van der Waals surface area contributed by atoms with E-state index in [4.69, 9.17) is 4.74 Å². The Labute approximate surface area is 176 Å². The van der Waals surface area contributed by atoms with Gasteiger partial charge in [0.25, 0.3) is 0 Å². The third kappa shape index (κ3) is 4.31. The van der Waals surface area contributed by atoms with Crippen LogP contribution in [0.5, 0.6) is 0 Å². The summed E-state index contributed by atoms with van der Waals surface area (Å²) in [5.41, 5.74) is 2.35. The standard InChI is InChI=1S/C22H18N4O3S/c23-12-14(22-25-15-6-1-2-7-16(15)26-22)18(27)13-29-21(28)11-5-10-20-24-17-8-3-4-9-19(17)30-20/h1-4,6-9,27H,5,10-11,13H2,(H,25,26). The molecule has 2 heterocycles. The number of ether oxygens (including phenoxy) is 1. The van der Waals surface area contributed by atoms with Crippen molar-refractivity contribution in [2.45, 2.75) is 19.3 Å². The Bertz CT molecular complexity index is 1220. The number of thiazole rings is 1. The van der Waals surface area contributed by atoms with Crippen LogP contribution in [0.15, 0.2) is 54.3 Å². The van der Waals surface area contributed by atoms with Crippen molar-refractivity contribution in [1.82, 2.24) is 15.0 Å². The predicted octanol–water partition coefficient (Wildman–Crippen LogP) is 4.53. The van der Waals surface area contributed by atoms with Gasteiger partial charge in [0.05, 0.1) is 26.3 Å². The van der Waals surface area contributed by atoms with Crippen LogP contribution in [-0.4, -0.2) is 32.6 Å². The number of aliphatic hydroxyl groups is 1. The molecule has 2 aromatic carbocycles. The number of imidazole rings is 1. The van der Waals surface area contributed by atoms with Gasteiger partial charge in [-0.2, -0.15) is 5.26 Å². The summed E-state index contributed by atoms with van der Waals surface area (Å²) in [6, 6.07) is 17.1. The Kier molecular flexibility index (Phi) is 5.72. The van der Waals surface area contributed by atoms with Crippen LogP contribution in [0.25, 0.3) is 26.8 Å². The van der Waals surface area contributed by atoms with Crippen LogP contribution in [0, 0.1) is 11.3 Å². The van der Waals surface area contributed by atoms with E-state index in [-0.39, 0.29) is 30.2 Å². The molecule has 0 atom stereocenters. The number of para-hydroxylation sites is 3. The quantitative estimate of drug-likeness (QED) is 0.259. The summed E-state index contributed by atoms with van der Waals surface area (Å²) in [6.07, 6.45) is 1.48. The van der Waals surface area contributed by atoms with E-state index in [0.29, 0.717) is 18.4 Å². The van der Waals surface area contributed by atoms with Crippen molar-refractivity contribution in [3.05, 3.63) is 65.1 Å². The fourth-order valence-electron chi connectivity index (χ4n) is 3.03. The van der Waals surface area contributed by atoms with Gasteiger partial charge in [0.2, 0.25) is 0 Å². The molecule has 4 aromatic rings. The molecule has 2 N–H and O–H groups in total. The van der Waals surface area contributed by atoms with Gasteiger partial charge < -0.3 is 14.8 Å².